The Kier molecular flexibility index (Phi) is 3.52. The predicted octanol–water partition coefficient (Wildman–Crippen LogP) is 3.99. The van der Waals surface area contributed by atoms with Gasteiger partial charge >= 0.3 is 0 Å². The fourth-order valence-electron chi connectivity index (χ4n) is 3.28. The van der Waals surface area contributed by atoms with E-state index in [0.717, 1.165) is 10.0 Å². The number of amides is 2. The van der Waals surface area contributed by atoms with E-state index in [0.29, 0.717) is 18.5 Å². The highest BCUT2D eigenvalue weighted by Crippen LogP contribution is 2.43. The number of benzene rings is 1. The quantitative estimate of drug-likeness (QED) is 0.568. The van der Waals surface area contributed by atoms with Crippen LogP contribution in [0.4, 0.5) is 5.69 Å². The molecule has 1 aliphatic carbocycles. The molecule has 3 rings (SSSR count). The van der Waals surface area contributed by atoms with Gasteiger partial charge in [0.15, 0.2) is 0 Å². The maximum atomic E-state index is 12.7. The smallest absolute Gasteiger partial charge is 0.238 e. The molecule has 1 fully saturated rings. The van der Waals surface area contributed by atoms with Crippen LogP contribution in [0, 0.1) is 18.8 Å². The summed E-state index contributed by atoms with van der Waals surface area (Å²) < 4.78 is 0.796. The maximum absolute atomic E-state index is 12.7. The number of allylic oxidation sites excluding steroid dienone is 2. The Labute approximate surface area is 133 Å². The van der Waals surface area contributed by atoms with Gasteiger partial charge in [0.2, 0.25) is 11.8 Å². The second-order valence-corrected chi connectivity index (χ2v) is 7.00. The minimum atomic E-state index is -0.186. The van der Waals surface area contributed by atoms with Gasteiger partial charge in [-0.3, -0.25) is 9.59 Å². The molecule has 2 aliphatic rings. The first-order chi connectivity index (χ1) is 9.90. The molecule has 0 saturated carbocycles. The lowest BCUT2D eigenvalue weighted by atomic mass is 9.78. The average Bonchev–Trinajstić information content (AvgIpc) is 2.64. The van der Waals surface area contributed by atoms with Gasteiger partial charge in [-0.25, -0.2) is 4.90 Å². The monoisotopic (exact) mass is 347 g/mol. The van der Waals surface area contributed by atoms with Gasteiger partial charge in [0, 0.05) is 4.47 Å². The molecule has 0 N–H and O–H groups in total. The number of nitrogens with zero attached hydrogens (tertiary/aromatic N) is 1. The van der Waals surface area contributed by atoms with Crippen LogP contribution in [0.5, 0.6) is 0 Å². The summed E-state index contributed by atoms with van der Waals surface area (Å²) in [5, 5.41) is 0. The van der Waals surface area contributed by atoms with Gasteiger partial charge in [-0.15, -0.1) is 0 Å². The Morgan fingerprint density at radius 1 is 1.00 bits per heavy atom. The van der Waals surface area contributed by atoms with Crippen LogP contribution in [0.15, 0.2) is 33.8 Å². The summed E-state index contributed by atoms with van der Waals surface area (Å²) in [4.78, 5) is 26.8. The molecule has 2 amide bonds. The van der Waals surface area contributed by atoms with Crippen molar-refractivity contribution in [3.8, 4) is 0 Å². The van der Waals surface area contributed by atoms with Gasteiger partial charge in [-0.05, 0) is 67.2 Å². The third kappa shape index (κ3) is 2.26. The van der Waals surface area contributed by atoms with Gasteiger partial charge in [0.25, 0.3) is 0 Å². The summed E-state index contributed by atoms with van der Waals surface area (Å²) in [6.07, 6.45) is 1.42. The first-order valence-electron chi connectivity index (χ1n) is 7.19. The molecule has 0 unspecified atom stereocenters. The van der Waals surface area contributed by atoms with Gasteiger partial charge in [0.1, 0.15) is 0 Å². The van der Waals surface area contributed by atoms with E-state index < -0.39 is 0 Å². The fraction of sp³-hybridized carbons (Fsp3) is 0.412. The van der Waals surface area contributed by atoms with Crippen LogP contribution in [0.25, 0.3) is 0 Å². The third-order valence-electron chi connectivity index (χ3n) is 4.69. The first kappa shape index (κ1) is 14.5. The number of halogens is 1. The second kappa shape index (κ2) is 5.09. The Morgan fingerprint density at radius 3 is 2.00 bits per heavy atom. The summed E-state index contributed by atoms with van der Waals surface area (Å²) in [6, 6.07) is 5.71. The van der Waals surface area contributed by atoms with Crippen LogP contribution >= 0.6 is 15.9 Å². The molecule has 1 heterocycles. The van der Waals surface area contributed by atoms with Crippen molar-refractivity contribution in [2.24, 2.45) is 11.8 Å². The number of rotatable bonds is 1. The van der Waals surface area contributed by atoms with Crippen molar-refractivity contribution < 1.29 is 9.59 Å². The average molecular weight is 348 g/mol. The minimum Gasteiger partial charge on any atom is -0.274 e. The van der Waals surface area contributed by atoms with E-state index in [-0.39, 0.29) is 23.7 Å². The molecule has 110 valence electrons. The van der Waals surface area contributed by atoms with E-state index in [1.54, 1.807) is 0 Å². The highest BCUT2D eigenvalue weighted by Gasteiger charge is 2.49. The molecule has 3 nitrogen and oxygen atoms in total. The largest absolute Gasteiger partial charge is 0.274 e. The fourth-order valence-corrected chi connectivity index (χ4v) is 3.95. The summed E-state index contributed by atoms with van der Waals surface area (Å²) in [7, 11) is 0. The van der Waals surface area contributed by atoms with Gasteiger partial charge < -0.3 is 0 Å². The zero-order valence-corrected chi connectivity index (χ0v) is 14.0. The lowest BCUT2D eigenvalue weighted by molar-refractivity contribution is -0.122. The number of carbonyl (C=O) groups is 2. The number of anilines is 1. The number of hydrogen-bond acceptors (Lipinski definition) is 2. The van der Waals surface area contributed by atoms with Crippen LogP contribution in [-0.4, -0.2) is 11.8 Å². The molecular weight excluding hydrogens is 330 g/mol. The van der Waals surface area contributed by atoms with Crippen molar-refractivity contribution in [2.45, 2.75) is 33.6 Å². The van der Waals surface area contributed by atoms with E-state index in [2.05, 4.69) is 29.8 Å². The number of imide groups is 1. The van der Waals surface area contributed by atoms with E-state index in [4.69, 9.17) is 0 Å². The number of carbonyl (C=O) groups excluding carboxylic acids is 2. The Balaban J connectivity index is 2.00. The van der Waals surface area contributed by atoms with Crippen LogP contribution in [0.2, 0.25) is 0 Å². The lowest BCUT2D eigenvalue weighted by Crippen LogP contribution is -2.31. The third-order valence-corrected chi connectivity index (χ3v) is 5.32. The maximum Gasteiger partial charge on any atom is 0.238 e. The van der Waals surface area contributed by atoms with Crippen molar-refractivity contribution in [3.05, 3.63) is 39.4 Å². The summed E-state index contributed by atoms with van der Waals surface area (Å²) in [5.74, 6) is -0.480. The van der Waals surface area contributed by atoms with Gasteiger partial charge in [0.05, 0.1) is 17.5 Å². The molecular formula is C17H18BrNO2. The van der Waals surface area contributed by atoms with E-state index >= 15 is 0 Å². The summed E-state index contributed by atoms with van der Waals surface area (Å²) in [5.41, 5.74) is 4.26. The highest BCUT2D eigenvalue weighted by molar-refractivity contribution is 9.10. The standard InChI is InChI=1S/C17H18BrNO2/c1-9-4-5-15(14(18)6-9)19-16(20)12-7-10(2)11(3)8-13(12)17(19)21/h4-6,12-13H,7-8H2,1-3H3/t12-,13-/m0/s1. The first-order valence-corrected chi connectivity index (χ1v) is 7.98. The van der Waals surface area contributed by atoms with E-state index in [1.807, 2.05) is 25.1 Å². The minimum absolute atomic E-state index is 0.0543. The molecule has 1 aliphatic heterocycles. The molecule has 21 heavy (non-hydrogen) atoms. The Hall–Kier alpha value is -1.42. The molecule has 0 spiro atoms. The van der Waals surface area contributed by atoms with Crippen LogP contribution in [-0.2, 0) is 9.59 Å². The van der Waals surface area contributed by atoms with Crippen molar-refractivity contribution in [3.63, 3.8) is 0 Å². The highest BCUT2D eigenvalue weighted by atomic mass is 79.9. The lowest BCUT2D eigenvalue weighted by Gasteiger charge is -2.23. The molecule has 2 atom stereocenters. The molecule has 4 heteroatoms. The molecule has 1 saturated heterocycles. The van der Waals surface area contributed by atoms with Crippen molar-refractivity contribution in [1.82, 2.24) is 0 Å². The molecule has 1 aromatic rings. The number of aryl methyl sites for hydroxylation is 1. The molecule has 0 radical (unpaired) electrons. The van der Waals surface area contributed by atoms with Gasteiger partial charge in [-0.2, -0.15) is 0 Å². The number of hydrogen-bond donors (Lipinski definition) is 0. The zero-order valence-electron chi connectivity index (χ0n) is 12.4. The number of fused-ring (bicyclic) bond motifs is 1. The molecule has 1 aromatic carbocycles. The predicted molar refractivity (Wildman–Crippen MR) is 86.0 cm³/mol. The zero-order chi connectivity index (χ0) is 15.3. The van der Waals surface area contributed by atoms with Crippen molar-refractivity contribution in [2.75, 3.05) is 4.90 Å². The topological polar surface area (TPSA) is 37.4 Å². The SMILES string of the molecule is CC1=C(C)C[C@@H]2C(=O)N(c3ccc(C)cc3Br)C(=O)[C@H]2C1. The Bertz CT molecular complexity index is 645. The van der Waals surface area contributed by atoms with Crippen LogP contribution in [0.3, 0.4) is 0 Å². The molecule has 0 aromatic heterocycles. The summed E-state index contributed by atoms with van der Waals surface area (Å²) in [6.45, 7) is 6.11. The van der Waals surface area contributed by atoms with Crippen molar-refractivity contribution >= 4 is 33.4 Å². The van der Waals surface area contributed by atoms with E-state index in [1.165, 1.54) is 16.0 Å². The normalized spacial score (nSPS) is 25.6. The Morgan fingerprint density at radius 2 is 1.52 bits per heavy atom. The van der Waals surface area contributed by atoms with Crippen LogP contribution in [0.1, 0.15) is 32.3 Å². The molecule has 0 bridgehead atoms. The van der Waals surface area contributed by atoms with Crippen LogP contribution < -0.4 is 4.90 Å². The van der Waals surface area contributed by atoms with Gasteiger partial charge in [-0.1, -0.05) is 17.2 Å². The summed E-state index contributed by atoms with van der Waals surface area (Å²) >= 11 is 3.48. The second-order valence-electron chi connectivity index (χ2n) is 6.15. The van der Waals surface area contributed by atoms with Crippen molar-refractivity contribution in [1.29, 1.82) is 0 Å². The van der Waals surface area contributed by atoms with E-state index in [9.17, 15) is 9.59 Å².